The second kappa shape index (κ2) is 8.26. The maximum absolute atomic E-state index is 12.7. The summed E-state index contributed by atoms with van der Waals surface area (Å²) in [6.07, 6.45) is 3.23. The molecule has 1 aliphatic rings. The quantitative estimate of drug-likeness (QED) is 0.791. The van der Waals surface area contributed by atoms with Gasteiger partial charge in [0.15, 0.2) is 0 Å². The summed E-state index contributed by atoms with van der Waals surface area (Å²) < 4.78 is 5.61. The number of hydrogen-bond donors (Lipinski definition) is 1. The van der Waals surface area contributed by atoms with E-state index in [1.54, 1.807) is 12.1 Å². The van der Waals surface area contributed by atoms with Crippen molar-refractivity contribution in [2.24, 2.45) is 0 Å². The Kier molecular flexibility index (Phi) is 5.82. The van der Waals surface area contributed by atoms with Crippen LogP contribution in [0.15, 0.2) is 42.5 Å². The first-order valence-corrected chi connectivity index (χ1v) is 9.14. The van der Waals surface area contributed by atoms with E-state index in [-0.39, 0.29) is 5.91 Å². The molecular formula is C20H23ClN2O2. The molecule has 0 saturated carbocycles. The van der Waals surface area contributed by atoms with E-state index in [9.17, 15) is 4.79 Å². The fourth-order valence-corrected chi connectivity index (χ4v) is 3.31. The Morgan fingerprint density at radius 2 is 1.96 bits per heavy atom. The molecule has 0 bridgehead atoms. The Morgan fingerprint density at radius 3 is 2.72 bits per heavy atom. The fourth-order valence-electron chi connectivity index (χ4n) is 3.02. The predicted octanol–water partition coefficient (Wildman–Crippen LogP) is 4.98. The number of hydrogen-bond acceptors (Lipinski definition) is 3. The van der Waals surface area contributed by atoms with Gasteiger partial charge in [-0.15, -0.1) is 0 Å². The topological polar surface area (TPSA) is 41.6 Å². The Balaban J connectivity index is 1.80. The number of nitrogens with one attached hydrogen (secondary N) is 1. The lowest BCUT2D eigenvalue weighted by atomic mass is 10.2. The number of halogens is 1. The molecule has 0 unspecified atom stereocenters. The molecule has 4 nitrogen and oxygen atoms in total. The van der Waals surface area contributed by atoms with E-state index in [0.717, 1.165) is 43.7 Å². The van der Waals surface area contributed by atoms with Gasteiger partial charge in [-0.05, 0) is 49.6 Å². The molecule has 0 aromatic heterocycles. The molecule has 1 fully saturated rings. The van der Waals surface area contributed by atoms with Crippen molar-refractivity contribution in [3.8, 4) is 5.75 Å². The van der Waals surface area contributed by atoms with Crippen molar-refractivity contribution in [2.75, 3.05) is 29.9 Å². The molecule has 0 atom stereocenters. The van der Waals surface area contributed by atoms with Crippen molar-refractivity contribution in [3.05, 3.63) is 53.1 Å². The molecule has 0 spiro atoms. The van der Waals surface area contributed by atoms with Gasteiger partial charge in [0.25, 0.3) is 5.91 Å². The summed E-state index contributed by atoms with van der Waals surface area (Å²) in [4.78, 5) is 14.9. The number of amides is 1. The second-order valence-corrected chi connectivity index (χ2v) is 6.57. The third kappa shape index (κ3) is 4.26. The highest BCUT2D eigenvalue weighted by Gasteiger charge is 2.20. The van der Waals surface area contributed by atoms with E-state index in [1.165, 1.54) is 0 Å². The minimum absolute atomic E-state index is 0.162. The summed E-state index contributed by atoms with van der Waals surface area (Å²) in [7, 11) is 0. The minimum Gasteiger partial charge on any atom is -0.494 e. The van der Waals surface area contributed by atoms with E-state index in [2.05, 4.69) is 17.1 Å². The summed E-state index contributed by atoms with van der Waals surface area (Å²) in [6.45, 7) is 4.62. The summed E-state index contributed by atoms with van der Waals surface area (Å²) in [5, 5.41) is 3.67. The lowest BCUT2D eigenvalue weighted by molar-refractivity contribution is 0.102. The van der Waals surface area contributed by atoms with E-state index in [4.69, 9.17) is 16.3 Å². The van der Waals surface area contributed by atoms with Crippen molar-refractivity contribution in [1.29, 1.82) is 0 Å². The van der Waals surface area contributed by atoms with Gasteiger partial charge < -0.3 is 15.0 Å². The minimum atomic E-state index is -0.162. The summed E-state index contributed by atoms with van der Waals surface area (Å²) >= 11 is 6.41. The van der Waals surface area contributed by atoms with E-state index >= 15 is 0 Å². The normalized spacial score (nSPS) is 13.8. The zero-order chi connectivity index (χ0) is 17.6. The highest BCUT2D eigenvalue weighted by atomic mass is 35.5. The van der Waals surface area contributed by atoms with Gasteiger partial charge in [0.2, 0.25) is 0 Å². The molecule has 1 amide bonds. The van der Waals surface area contributed by atoms with Crippen LogP contribution in [0.2, 0.25) is 5.02 Å². The van der Waals surface area contributed by atoms with Crippen LogP contribution in [0.4, 0.5) is 11.4 Å². The maximum atomic E-state index is 12.7. The number of para-hydroxylation sites is 1. The summed E-state index contributed by atoms with van der Waals surface area (Å²) in [6, 6.07) is 12.9. The average molecular weight is 359 g/mol. The Hall–Kier alpha value is -2.20. The molecule has 3 rings (SSSR count). The number of carbonyl (C=O) groups is 1. The molecule has 25 heavy (non-hydrogen) atoms. The number of carbonyl (C=O) groups excluding carboxylic acids is 1. The van der Waals surface area contributed by atoms with Gasteiger partial charge in [-0.25, -0.2) is 0 Å². The third-order valence-electron chi connectivity index (χ3n) is 4.23. The van der Waals surface area contributed by atoms with Crippen LogP contribution >= 0.6 is 11.6 Å². The number of anilines is 2. The Bertz CT molecular complexity index is 742. The Labute approximate surface area is 153 Å². The van der Waals surface area contributed by atoms with Crippen LogP contribution in [0.1, 0.15) is 36.5 Å². The first-order valence-electron chi connectivity index (χ1n) is 8.76. The zero-order valence-corrected chi connectivity index (χ0v) is 15.2. The molecule has 132 valence electrons. The van der Waals surface area contributed by atoms with Crippen LogP contribution in [0, 0.1) is 0 Å². The molecule has 1 aliphatic heterocycles. The third-order valence-corrected chi connectivity index (χ3v) is 4.53. The van der Waals surface area contributed by atoms with Crippen LogP contribution < -0.4 is 15.0 Å². The van der Waals surface area contributed by atoms with Crippen LogP contribution in [0.25, 0.3) is 0 Å². The highest BCUT2D eigenvalue weighted by molar-refractivity contribution is 6.34. The van der Waals surface area contributed by atoms with Crippen LogP contribution in [-0.2, 0) is 0 Å². The molecule has 5 heteroatoms. The predicted molar refractivity (Wildman–Crippen MR) is 103 cm³/mol. The second-order valence-electron chi connectivity index (χ2n) is 6.16. The van der Waals surface area contributed by atoms with Crippen molar-refractivity contribution < 1.29 is 9.53 Å². The van der Waals surface area contributed by atoms with Gasteiger partial charge in [0.05, 0.1) is 23.0 Å². The van der Waals surface area contributed by atoms with Gasteiger partial charge in [0, 0.05) is 18.7 Å². The van der Waals surface area contributed by atoms with Crippen LogP contribution in [0.5, 0.6) is 5.75 Å². The molecular weight excluding hydrogens is 336 g/mol. The van der Waals surface area contributed by atoms with Gasteiger partial charge >= 0.3 is 0 Å². The SMILES string of the molecule is CCCOc1cccc(C(=O)Nc2cccc(Cl)c2N2CCCC2)c1. The summed E-state index contributed by atoms with van der Waals surface area (Å²) in [5.41, 5.74) is 2.23. The Morgan fingerprint density at radius 1 is 1.20 bits per heavy atom. The monoisotopic (exact) mass is 358 g/mol. The first-order chi connectivity index (χ1) is 12.2. The number of ether oxygens (including phenoxy) is 1. The molecule has 0 radical (unpaired) electrons. The standard InChI is InChI=1S/C20H23ClN2O2/c1-2-13-25-16-8-5-7-15(14-16)20(24)22-18-10-6-9-17(21)19(18)23-11-3-4-12-23/h5-10,14H,2-4,11-13H2,1H3,(H,22,24). The molecule has 2 aromatic carbocycles. The van der Waals surface area contributed by atoms with Crippen LogP contribution in [-0.4, -0.2) is 25.6 Å². The molecule has 1 N–H and O–H groups in total. The number of benzene rings is 2. The van der Waals surface area contributed by atoms with Crippen molar-refractivity contribution in [3.63, 3.8) is 0 Å². The number of nitrogens with zero attached hydrogens (tertiary/aromatic N) is 1. The van der Waals surface area contributed by atoms with Crippen molar-refractivity contribution in [2.45, 2.75) is 26.2 Å². The van der Waals surface area contributed by atoms with Gasteiger partial charge in [-0.1, -0.05) is 30.7 Å². The highest BCUT2D eigenvalue weighted by Crippen LogP contribution is 2.36. The van der Waals surface area contributed by atoms with Crippen molar-refractivity contribution >= 4 is 28.9 Å². The van der Waals surface area contributed by atoms with E-state index in [1.807, 2.05) is 30.3 Å². The smallest absolute Gasteiger partial charge is 0.255 e. The fraction of sp³-hybridized carbons (Fsp3) is 0.350. The molecule has 1 saturated heterocycles. The largest absolute Gasteiger partial charge is 0.494 e. The molecule has 2 aromatic rings. The van der Waals surface area contributed by atoms with Gasteiger partial charge in [-0.2, -0.15) is 0 Å². The van der Waals surface area contributed by atoms with Crippen LogP contribution in [0.3, 0.4) is 0 Å². The zero-order valence-electron chi connectivity index (χ0n) is 14.4. The number of rotatable bonds is 6. The lowest BCUT2D eigenvalue weighted by Crippen LogP contribution is -2.21. The van der Waals surface area contributed by atoms with Crippen molar-refractivity contribution in [1.82, 2.24) is 0 Å². The maximum Gasteiger partial charge on any atom is 0.255 e. The van der Waals surface area contributed by atoms with Gasteiger partial charge in [-0.3, -0.25) is 4.79 Å². The average Bonchev–Trinajstić information content (AvgIpc) is 3.14. The lowest BCUT2D eigenvalue weighted by Gasteiger charge is -2.23. The van der Waals surface area contributed by atoms with Gasteiger partial charge in [0.1, 0.15) is 5.75 Å². The molecule has 0 aliphatic carbocycles. The molecule has 1 heterocycles. The van der Waals surface area contributed by atoms with E-state index in [0.29, 0.717) is 22.9 Å². The van der Waals surface area contributed by atoms with E-state index < -0.39 is 0 Å². The summed E-state index contributed by atoms with van der Waals surface area (Å²) in [5.74, 6) is 0.546. The first kappa shape index (κ1) is 17.6.